The second-order valence-electron chi connectivity index (χ2n) is 3.52. The maximum absolute atomic E-state index is 11.4. The van der Waals surface area contributed by atoms with Gasteiger partial charge in [0.05, 0.1) is 23.9 Å². The van der Waals surface area contributed by atoms with Gasteiger partial charge in [-0.25, -0.2) is 4.79 Å². The second kappa shape index (κ2) is 4.52. The summed E-state index contributed by atoms with van der Waals surface area (Å²) in [6.07, 6.45) is 0. The molecule has 0 saturated carbocycles. The molecule has 0 aliphatic carbocycles. The molecular weight excluding hydrogens is 249 g/mol. The molecule has 0 aromatic heterocycles. The van der Waals surface area contributed by atoms with Crippen molar-refractivity contribution in [1.82, 2.24) is 0 Å². The number of esters is 1. The molecule has 1 atom stereocenters. The minimum absolute atomic E-state index is 0.210. The van der Waals surface area contributed by atoms with Gasteiger partial charge in [0.1, 0.15) is 6.04 Å². The third-order valence-corrected chi connectivity index (χ3v) is 2.94. The zero-order chi connectivity index (χ0) is 11.7. The van der Waals surface area contributed by atoms with Gasteiger partial charge in [0.15, 0.2) is 0 Å². The number of nitrogens with zero attached hydrogens (tertiary/aromatic N) is 1. The van der Waals surface area contributed by atoms with Crippen molar-refractivity contribution in [3.05, 3.63) is 28.2 Å². The molecule has 0 radical (unpaired) electrons. The van der Waals surface area contributed by atoms with Crippen LogP contribution >= 0.6 is 23.2 Å². The number of carbonyl (C=O) groups is 1. The topological polar surface area (TPSA) is 29.3 Å². The standard InChI is InChI=1S/C11H11Cl2NO2/c1-2-16-11(15)10-6-14(10)9-5-7(12)3-4-8(9)13/h3-5,10H,2,6H2,1H3. The fourth-order valence-electron chi connectivity index (χ4n) is 1.55. The first-order valence-corrected chi connectivity index (χ1v) is 5.77. The quantitative estimate of drug-likeness (QED) is 0.618. The molecule has 0 N–H and O–H groups in total. The number of halogens is 2. The number of benzene rings is 1. The van der Waals surface area contributed by atoms with Crippen molar-refractivity contribution >= 4 is 34.9 Å². The first kappa shape index (κ1) is 11.6. The van der Waals surface area contributed by atoms with Crippen molar-refractivity contribution in [2.24, 2.45) is 0 Å². The van der Waals surface area contributed by atoms with Gasteiger partial charge in [-0.05, 0) is 25.1 Å². The summed E-state index contributed by atoms with van der Waals surface area (Å²) in [5.41, 5.74) is 0.784. The highest BCUT2D eigenvalue weighted by Crippen LogP contribution is 2.36. The van der Waals surface area contributed by atoms with Gasteiger partial charge in [-0.15, -0.1) is 0 Å². The van der Waals surface area contributed by atoms with Crippen LogP contribution in [0.2, 0.25) is 10.0 Å². The zero-order valence-corrected chi connectivity index (χ0v) is 10.3. The zero-order valence-electron chi connectivity index (χ0n) is 8.74. The Morgan fingerprint density at radius 2 is 2.31 bits per heavy atom. The van der Waals surface area contributed by atoms with Crippen LogP contribution in [-0.2, 0) is 9.53 Å². The van der Waals surface area contributed by atoms with Crippen LogP contribution in [-0.4, -0.2) is 25.2 Å². The Bertz CT molecular complexity index is 422. The van der Waals surface area contributed by atoms with Gasteiger partial charge in [0, 0.05) is 5.02 Å². The highest BCUT2D eigenvalue weighted by Gasteiger charge is 2.42. The van der Waals surface area contributed by atoms with Crippen LogP contribution in [0.15, 0.2) is 18.2 Å². The van der Waals surface area contributed by atoms with Crippen LogP contribution in [0.3, 0.4) is 0 Å². The van der Waals surface area contributed by atoms with E-state index < -0.39 is 0 Å². The molecule has 1 heterocycles. The molecule has 1 aromatic carbocycles. The van der Waals surface area contributed by atoms with E-state index in [0.717, 1.165) is 5.69 Å². The van der Waals surface area contributed by atoms with E-state index in [1.54, 1.807) is 25.1 Å². The summed E-state index contributed by atoms with van der Waals surface area (Å²) in [5.74, 6) is -0.210. The van der Waals surface area contributed by atoms with E-state index in [1.165, 1.54) is 0 Å². The van der Waals surface area contributed by atoms with Crippen molar-refractivity contribution in [3.63, 3.8) is 0 Å². The SMILES string of the molecule is CCOC(=O)C1CN1c1cc(Cl)ccc1Cl. The molecule has 86 valence electrons. The summed E-state index contributed by atoms with van der Waals surface area (Å²) >= 11 is 11.9. The lowest BCUT2D eigenvalue weighted by atomic mass is 10.3. The van der Waals surface area contributed by atoms with E-state index in [0.29, 0.717) is 23.2 Å². The summed E-state index contributed by atoms with van der Waals surface area (Å²) < 4.78 is 4.93. The lowest BCUT2D eigenvalue weighted by Crippen LogP contribution is -2.15. The molecule has 16 heavy (non-hydrogen) atoms. The Labute approximate surface area is 104 Å². The maximum Gasteiger partial charge on any atom is 0.330 e. The molecule has 3 nitrogen and oxygen atoms in total. The van der Waals surface area contributed by atoms with E-state index in [1.807, 2.05) is 4.90 Å². The van der Waals surface area contributed by atoms with E-state index in [4.69, 9.17) is 27.9 Å². The normalized spacial score (nSPS) is 18.4. The number of rotatable bonds is 3. The van der Waals surface area contributed by atoms with Crippen LogP contribution in [0, 0.1) is 0 Å². The van der Waals surface area contributed by atoms with Crippen LogP contribution in [0.4, 0.5) is 5.69 Å². The van der Waals surface area contributed by atoms with Gasteiger partial charge in [-0.2, -0.15) is 0 Å². The first-order valence-electron chi connectivity index (χ1n) is 5.01. The molecule has 1 saturated heterocycles. The van der Waals surface area contributed by atoms with Crippen LogP contribution in [0.25, 0.3) is 0 Å². The van der Waals surface area contributed by atoms with Gasteiger partial charge in [-0.1, -0.05) is 23.2 Å². The Balaban J connectivity index is 2.11. The molecule has 1 aliphatic rings. The van der Waals surface area contributed by atoms with Gasteiger partial charge < -0.3 is 9.64 Å². The minimum Gasteiger partial charge on any atom is -0.464 e. The Morgan fingerprint density at radius 1 is 1.56 bits per heavy atom. The lowest BCUT2D eigenvalue weighted by molar-refractivity contribution is -0.142. The summed E-state index contributed by atoms with van der Waals surface area (Å²) in [5, 5.41) is 1.20. The van der Waals surface area contributed by atoms with Gasteiger partial charge in [-0.3, -0.25) is 0 Å². The highest BCUT2D eigenvalue weighted by atomic mass is 35.5. The van der Waals surface area contributed by atoms with E-state index in [-0.39, 0.29) is 12.0 Å². The molecule has 0 spiro atoms. The Hall–Kier alpha value is -0.930. The Morgan fingerprint density at radius 3 is 3.00 bits per heavy atom. The van der Waals surface area contributed by atoms with Crippen molar-refractivity contribution in [2.45, 2.75) is 13.0 Å². The summed E-state index contributed by atoms with van der Waals surface area (Å²) in [6, 6.07) is 4.98. The summed E-state index contributed by atoms with van der Waals surface area (Å²) in [4.78, 5) is 13.3. The van der Waals surface area contributed by atoms with E-state index >= 15 is 0 Å². The minimum atomic E-state index is -0.212. The predicted octanol–water partition coefficient (Wildman–Crippen LogP) is 2.75. The molecule has 1 unspecified atom stereocenters. The molecule has 2 rings (SSSR count). The fourth-order valence-corrected chi connectivity index (χ4v) is 1.94. The average Bonchev–Trinajstić information content (AvgIpc) is 3.02. The average molecular weight is 260 g/mol. The van der Waals surface area contributed by atoms with Crippen molar-refractivity contribution < 1.29 is 9.53 Å². The summed E-state index contributed by atoms with van der Waals surface area (Å²) in [7, 11) is 0. The number of ether oxygens (including phenoxy) is 1. The third-order valence-electron chi connectivity index (χ3n) is 2.39. The highest BCUT2D eigenvalue weighted by molar-refractivity contribution is 6.35. The molecule has 1 aliphatic heterocycles. The van der Waals surface area contributed by atoms with Crippen LogP contribution in [0.1, 0.15) is 6.92 Å². The number of carbonyl (C=O) groups excluding carboxylic acids is 1. The second-order valence-corrected chi connectivity index (χ2v) is 4.36. The number of hydrogen-bond donors (Lipinski definition) is 0. The number of hydrogen-bond acceptors (Lipinski definition) is 3. The van der Waals surface area contributed by atoms with Crippen molar-refractivity contribution in [1.29, 1.82) is 0 Å². The van der Waals surface area contributed by atoms with Gasteiger partial charge in [0.2, 0.25) is 0 Å². The van der Waals surface area contributed by atoms with Crippen molar-refractivity contribution in [3.8, 4) is 0 Å². The molecule has 5 heteroatoms. The van der Waals surface area contributed by atoms with Gasteiger partial charge in [0.25, 0.3) is 0 Å². The molecular formula is C11H11Cl2NO2. The first-order chi connectivity index (χ1) is 7.63. The van der Waals surface area contributed by atoms with Crippen molar-refractivity contribution in [2.75, 3.05) is 18.1 Å². The lowest BCUT2D eigenvalue weighted by Gasteiger charge is -2.08. The largest absolute Gasteiger partial charge is 0.464 e. The molecule has 0 bridgehead atoms. The van der Waals surface area contributed by atoms with Gasteiger partial charge >= 0.3 is 5.97 Å². The molecule has 1 fully saturated rings. The molecule has 0 amide bonds. The third kappa shape index (κ3) is 2.25. The van der Waals surface area contributed by atoms with E-state index in [2.05, 4.69) is 0 Å². The maximum atomic E-state index is 11.4. The Kier molecular flexibility index (Phi) is 3.26. The van der Waals surface area contributed by atoms with Crippen LogP contribution in [0.5, 0.6) is 0 Å². The van der Waals surface area contributed by atoms with E-state index in [9.17, 15) is 4.79 Å². The van der Waals surface area contributed by atoms with Crippen LogP contribution < -0.4 is 4.90 Å². The smallest absolute Gasteiger partial charge is 0.330 e. The summed E-state index contributed by atoms with van der Waals surface area (Å²) in [6.45, 7) is 2.82. The number of anilines is 1. The fraction of sp³-hybridized carbons (Fsp3) is 0.364. The predicted molar refractivity (Wildman–Crippen MR) is 64.2 cm³/mol. The molecule has 1 aromatic rings. The monoisotopic (exact) mass is 259 g/mol.